The summed E-state index contributed by atoms with van der Waals surface area (Å²) in [6, 6.07) is 5.23. The van der Waals surface area contributed by atoms with Gasteiger partial charge in [0.15, 0.2) is 0 Å². The third-order valence-electron chi connectivity index (χ3n) is 1.17. The van der Waals surface area contributed by atoms with Crippen molar-refractivity contribution in [3.05, 3.63) is 24.3 Å². The van der Waals surface area contributed by atoms with Gasteiger partial charge < -0.3 is 4.74 Å². The molecule has 12 heavy (non-hydrogen) atoms. The van der Waals surface area contributed by atoms with Gasteiger partial charge in [-0.3, -0.25) is 0 Å². The minimum Gasteiger partial charge on any atom is -0.435 e. The summed E-state index contributed by atoms with van der Waals surface area (Å²) in [7, 11) is 0. The Labute approximate surface area is 66.9 Å². The van der Waals surface area contributed by atoms with Gasteiger partial charge in [0.1, 0.15) is 5.75 Å². The van der Waals surface area contributed by atoms with Crippen molar-refractivity contribution in [2.75, 3.05) is 5.54 Å². The van der Waals surface area contributed by atoms with E-state index in [-0.39, 0.29) is 11.4 Å². The van der Waals surface area contributed by atoms with Crippen molar-refractivity contribution >= 4 is 5.69 Å². The van der Waals surface area contributed by atoms with Crippen molar-refractivity contribution in [1.82, 2.24) is 0 Å². The molecule has 0 spiro atoms. The maximum Gasteiger partial charge on any atom is 0.387 e. The third-order valence-corrected chi connectivity index (χ3v) is 1.17. The fourth-order valence-electron chi connectivity index (χ4n) is 0.731. The van der Waals surface area contributed by atoms with Crippen molar-refractivity contribution < 1.29 is 18.0 Å². The Hall–Kier alpha value is -1.39. The van der Waals surface area contributed by atoms with E-state index < -0.39 is 6.61 Å². The van der Waals surface area contributed by atoms with Gasteiger partial charge in [-0.1, -0.05) is 6.07 Å². The Morgan fingerprint density at radius 2 is 2.08 bits per heavy atom. The molecule has 1 N–H and O–H groups in total. The first-order valence-electron chi connectivity index (χ1n) is 3.14. The minimum atomic E-state index is -2.89. The highest BCUT2D eigenvalue weighted by Crippen LogP contribution is 2.18. The minimum absolute atomic E-state index is 0.0762. The number of benzene rings is 1. The Morgan fingerprint density at radius 1 is 1.33 bits per heavy atom. The summed E-state index contributed by atoms with van der Waals surface area (Å²) in [5, 5.41) is 0. The van der Waals surface area contributed by atoms with Crippen LogP contribution in [0, 0.1) is 0 Å². The number of anilines is 1. The zero-order valence-electron chi connectivity index (χ0n) is 5.93. The number of hydrogen-bond donors (Lipinski definition) is 1. The molecule has 0 aromatic heterocycles. The molecule has 0 aliphatic heterocycles. The van der Waals surface area contributed by atoms with Gasteiger partial charge in [0.25, 0.3) is 0 Å². The van der Waals surface area contributed by atoms with E-state index in [1.165, 1.54) is 23.7 Å². The van der Waals surface area contributed by atoms with Crippen LogP contribution in [0.3, 0.4) is 0 Å². The molecule has 66 valence electrons. The smallest absolute Gasteiger partial charge is 0.387 e. The second-order valence-corrected chi connectivity index (χ2v) is 2.00. The average molecular weight is 177 g/mol. The number of alkyl halides is 2. The van der Waals surface area contributed by atoms with E-state index in [0.29, 0.717) is 0 Å². The molecule has 0 heterocycles. The fraction of sp³-hybridized carbons (Fsp3) is 0.143. The third kappa shape index (κ3) is 2.34. The van der Waals surface area contributed by atoms with Crippen molar-refractivity contribution in [2.45, 2.75) is 6.61 Å². The lowest BCUT2D eigenvalue weighted by atomic mass is 10.3. The summed E-state index contributed by atoms with van der Waals surface area (Å²) in [6.45, 7) is -2.89. The van der Waals surface area contributed by atoms with Gasteiger partial charge in [0.2, 0.25) is 0 Å². The quantitative estimate of drug-likeness (QED) is 0.716. The van der Waals surface area contributed by atoms with Crippen LogP contribution in [0.25, 0.3) is 0 Å². The van der Waals surface area contributed by atoms with E-state index in [1.807, 2.05) is 0 Å². The first-order chi connectivity index (χ1) is 5.72. The van der Waals surface area contributed by atoms with E-state index in [0.717, 1.165) is 6.07 Å². The molecule has 5 heteroatoms. The van der Waals surface area contributed by atoms with Crippen LogP contribution in [0.2, 0.25) is 0 Å². The number of hydrogen-bond acceptors (Lipinski definition) is 2. The van der Waals surface area contributed by atoms with Gasteiger partial charge in [0.05, 0.1) is 5.69 Å². The maximum atomic E-state index is 11.7. The summed E-state index contributed by atoms with van der Waals surface area (Å²) in [5.41, 5.74) is 1.39. The monoisotopic (exact) mass is 177 g/mol. The molecule has 0 fully saturated rings. The highest BCUT2D eigenvalue weighted by molar-refractivity contribution is 5.46. The van der Waals surface area contributed by atoms with Gasteiger partial charge in [-0.15, -0.1) is 4.48 Å². The lowest BCUT2D eigenvalue weighted by Crippen LogP contribution is -2.01. The Morgan fingerprint density at radius 3 is 2.67 bits per heavy atom. The van der Waals surface area contributed by atoms with E-state index >= 15 is 0 Å². The van der Waals surface area contributed by atoms with E-state index in [2.05, 4.69) is 4.74 Å². The second kappa shape index (κ2) is 3.85. The SMILES string of the molecule is FNc1cccc(OC(F)F)c1. The standard InChI is InChI=1S/C7H6F3NO/c8-7(9)12-6-3-1-2-5(4-6)11-10/h1-4,7,11H. The Bertz CT molecular complexity index is 254. The molecular weight excluding hydrogens is 171 g/mol. The summed E-state index contributed by atoms with van der Waals surface area (Å²) >= 11 is 0. The van der Waals surface area contributed by atoms with Crippen molar-refractivity contribution in [2.24, 2.45) is 0 Å². The second-order valence-electron chi connectivity index (χ2n) is 2.00. The van der Waals surface area contributed by atoms with Gasteiger partial charge in [-0.05, 0) is 12.1 Å². The van der Waals surface area contributed by atoms with E-state index in [9.17, 15) is 13.3 Å². The van der Waals surface area contributed by atoms with Crippen LogP contribution < -0.4 is 10.3 Å². The normalized spacial score (nSPS) is 10.0. The van der Waals surface area contributed by atoms with E-state index in [1.54, 1.807) is 0 Å². The molecule has 0 saturated carbocycles. The molecular formula is C7H6F3NO. The number of nitrogens with one attached hydrogen (secondary N) is 1. The zero-order chi connectivity index (χ0) is 8.97. The van der Waals surface area contributed by atoms with E-state index in [4.69, 9.17) is 0 Å². The largest absolute Gasteiger partial charge is 0.435 e. The Balaban J connectivity index is 2.72. The molecule has 0 aliphatic carbocycles. The summed E-state index contributed by atoms with van der Waals surface area (Å²) in [6.07, 6.45) is 0. The molecule has 1 rings (SSSR count). The molecule has 1 aromatic carbocycles. The summed E-state index contributed by atoms with van der Waals surface area (Å²) in [4.78, 5) is 0. The summed E-state index contributed by atoms with van der Waals surface area (Å²) in [5.74, 6) is -0.0762. The molecule has 0 amide bonds. The van der Waals surface area contributed by atoms with Gasteiger partial charge in [0, 0.05) is 6.07 Å². The average Bonchev–Trinajstić information content (AvgIpc) is 2.03. The Kier molecular flexibility index (Phi) is 2.79. The van der Waals surface area contributed by atoms with Crippen LogP contribution >= 0.6 is 0 Å². The van der Waals surface area contributed by atoms with Crippen molar-refractivity contribution in [3.63, 3.8) is 0 Å². The van der Waals surface area contributed by atoms with Crippen molar-refractivity contribution in [1.29, 1.82) is 0 Å². The highest BCUT2D eigenvalue weighted by Gasteiger charge is 2.03. The molecule has 0 unspecified atom stereocenters. The molecule has 0 atom stereocenters. The van der Waals surface area contributed by atoms with Crippen molar-refractivity contribution in [3.8, 4) is 5.75 Å². The molecule has 2 nitrogen and oxygen atoms in total. The molecule has 0 aliphatic rings. The first-order valence-corrected chi connectivity index (χ1v) is 3.14. The predicted molar refractivity (Wildman–Crippen MR) is 37.8 cm³/mol. The zero-order valence-corrected chi connectivity index (χ0v) is 5.93. The number of ether oxygens (including phenoxy) is 1. The highest BCUT2D eigenvalue weighted by atomic mass is 19.3. The predicted octanol–water partition coefficient (Wildman–Crippen LogP) is 2.58. The molecule has 1 aromatic rings. The lowest BCUT2D eigenvalue weighted by Gasteiger charge is -2.04. The van der Waals surface area contributed by atoms with Crippen LogP contribution in [0.1, 0.15) is 0 Å². The first kappa shape index (κ1) is 8.70. The van der Waals surface area contributed by atoms with Crippen LogP contribution in [0.5, 0.6) is 5.75 Å². The number of halogens is 3. The fourth-order valence-corrected chi connectivity index (χ4v) is 0.731. The molecule has 0 saturated heterocycles. The van der Waals surface area contributed by atoms with Gasteiger partial charge in [-0.2, -0.15) is 8.78 Å². The maximum absolute atomic E-state index is 11.7. The topological polar surface area (TPSA) is 21.3 Å². The molecule has 0 radical (unpaired) electrons. The van der Waals surface area contributed by atoms with Gasteiger partial charge in [-0.25, -0.2) is 5.54 Å². The number of rotatable bonds is 3. The van der Waals surface area contributed by atoms with Crippen LogP contribution in [-0.2, 0) is 0 Å². The van der Waals surface area contributed by atoms with Crippen LogP contribution in [0.15, 0.2) is 24.3 Å². The molecule has 0 bridgehead atoms. The summed E-state index contributed by atoms with van der Waals surface area (Å²) < 4.78 is 39.0. The van der Waals surface area contributed by atoms with Crippen LogP contribution in [-0.4, -0.2) is 6.61 Å². The van der Waals surface area contributed by atoms with Crippen LogP contribution in [0.4, 0.5) is 18.9 Å². The van der Waals surface area contributed by atoms with Gasteiger partial charge >= 0.3 is 6.61 Å². The lowest BCUT2D eigenvalue weighted by molar-refractivity contribution is -0.0498.